The van der Waals surface area contributed by atoms with Crippen LogP contribution < -0.4 is 0 Å². The summed E-state index contributed by atoms with van der Waals surface area (Å²) >= 11 is 3.69. The van der Waals surface area contributed by atoms with Crippen LogP contribution >= 0.6 is 23.5 Å². The molecule has 0 aromatic carbocycles. The van der Waals surface area contributed by atoms with E-state index in [0.717, 1.165) is 11.5 Å². The number of unbranched alkanes of at least 4 members (excludes halogenated alkanes) is 6. The number of carboxylic acid groups (broad SMARTS) is 1. The van der Waals surface area contributed by atoms with Crippen molar-refractivity contribution >= 4 is 29.5 Å². The van der Waals surface area contributed by atoms with Gasteiger partial charge in [0.15, 0.2) is 0 Å². The van der Waals surface area contributed by atoms with E-state index in [4.69, 9.17) is 5.11 Å². The first-order valence-corrected chi connectivity index (χ1v) is 9.75. The predicted octanol–water partition coefficient (Wildman–Crippen LogP) is 5.41. The third-order valence-electron chi connectivity index (χ3n) is 2.94. The maximum absolute atomic E-state index is 10.9. The lowest BCUT2D eigenvalue weighted by Crippen LogP contribution is -2.08. The molecule has 0 fully saturated rings. The molecular formula is C15H30O2S2. The summed E-state index contributed by atoms with van der Waals surface area (Å²) in [5, 5.41) is 8.94. The molecule has 1 N–H and O–H groups in total. The maximum atomic E-state index is 10.9. The molecule has 0 rings (SSSR count). The molecule has 0 radical (unpaired) electrons. The van der Waals surface area contributed by atoms with Crippen LogP contribution in [0.5, 0.6) is 0 Å². The highest BCUT2D eigenvalue weighted by molar-refractivity contribution is 8.17. The number of aliphatic carboxylic acids is 1. The average Bonchev–Trinajstić information content (AvgIpc) is 2.37. The standard InChI is InChI=1S/C15H30O2S2/c1-3-5-7-9-11-18-15(13-14(16)17)19-12-10-8-6-4-2/h15H,3-13H2,1-2H3,(H,16,17). The van der Waals surface area contributed by atoms with E-state index in [0.29, 0.717) is 6.42 Å². The molecule has 19 heavy (non-hydrogen) atoms. The fourth-order valence-corrected chi connectivity index (χ4v) is 4.55. The molecule has 0 unspecified atom stereocenters. The van der Waals surface area contributed by atoms with Crippen molar-refractivity contribution in [1.82, 2.24) is 0 Å². The SMILES string of the molecule is CCCCCCSC(CC(=O)O)SCCCCCC. The predicted molar refractivity (Wildman–Crippen MR) is 89.2 cm³/mol. The Morgan fingerprint density at radius 3 is 1.74 bits per heavy atom. The summed E-state index contributed by atoms with van der Waals surface area (Å²) in [6, 6.07) is 0. The van der Waals surface area contributed by atoms with Crippen molar-refractivity contribution in [2.24, 2.45) is 0 Å². The van der Waals surface area contributed by atoms with E-state index in [2.05, 4.69) is 13.8 Å². The van der Waals surface area contributed by atoms with Crippen LogP contribution in [-0.4, -0.2) is 27.2 Å². The minimum atomic E-state index is -0.660. The highest BCUT2D eigenvalue weighted by atomic mass is 32.2. The van der Waals surface area contributed by atoms with Crippen molar-refractivity contribution in [3.05, 3.63) is 0 Å². The van der Waals surface area contributed by atoms with Crippen molar-refractivity contribution in [1.29, 1.82) is 0 Å². The second kappa shape index (κ2) is 14.6. The zero-order chi connectivity index (χ0) is 14.3. The Bertz CT molecular complexity index is 196. The van der Waals surface area contributed by atoms with Crippen LogP contribution in [0, 0.1) is 0 Å². The van der Waals surface area contributed by atoms with Crippen LogP contribution in [0.15, 0.2) is 0 Å². The van der Waals surface area contributed by atoms with Gasteiger partial charge in [0.05, 0.1) is 11.0 Å². The third-order valence-corrected chi connectivity index (χ3v) is 5.89. The lowest BCUT2D eigenvalue weighted by Gasteiger charge is -2.14. The van der Waals surface area contributed by atoms with E-state index >= 15 is 0 Å². The second-order valence-corrected chi connectivity index (χ2v) is 7.81. The molecule has 0 heterocycles. The van der Waals surface area contributed by atoms with Gasteiger partial charge in [-0.2, -0.15) is 0 Å². The zero-order valence-electron chi connectivity index (χ0n) is 12.5. The molecule has 0 aromatic heterocycles. The van der Waals surface area contributed by atoms with Gasteiger partial charge >= 0.3 is 5.97 Å². The summed E-state index contributed by atoms with van der Waals surface area (Å²) in [6.45, 7) is 4.43. The molecule has 0 saturated heterocycles. The first kappa shape index (κ1) is 19.2. The van der Waals surface area contributed by atoms with Crippen LogP contribution in [0.4, 0.5) is 0 Å². The third kappa shape index (κ3) is 14.4. The smallest absolute Gasteiger partial charge is 0.305 e. The van der Waals surface area contributed by atoms with Crippen molar-refractivity contribution in [2.75, 3.05) is 11.5 Å². The van der Waals surface area contributed by atoms with Gasteiger partial charge in [0.2, 0.25) is 0 Å². The average molecular weight is 307 g/mol. The van der Waals surface area contributed by atoms with Crippen LogP contribution in [0.2, 0.25) is 0 Å². The van der Waals surface area contributed by atoms with E-state index < -0.39 is 5.97 Å². The topological polar surface area (TPSA) is 37.3 Å². The molecule has 114 valence electrons. The molecule has 0 aromatic rings. The first-order valence-electron chi connectivity index (χ1n) is 7.65. The number of rotatable bonds is 14. The molecule has 0 bridgehead atoms. The van der Waals surface area contributed by atoms with Gasteiger partial charge in [-0.05, 0) is 24.3 Å². The van der Waals surface area contributed by atoms with Crippen LogP contribution in [0.3, 0.4) is 0 Å². The summed E-state index contributed by atoms with van der Waals surface area (Å²) in [5.41, 5.74) is 0. The molecule has 0 aliphatic rings. The highest BCUT2D eigenvalue weighted by Gasteiger charge is 2.13. The largest absolute Gasteiger partial charge is 0.481 e. The Hall–Kier alpha value is 0.170. The first-order chi connectivity index (χ1) is 9.20. The van der Waals surface area contributed by atoms with E-state index in [-0.39, 0.29) is 4.58 Å². The minimum absolute atomic E-state index is 0.251. The molecule has 0 aliphatic heterocycles. The molecule has 0 spiro atoms. The molecular weight excluding hydrogens is 276 g/mol. The van der Waals surface area contributed by atoms with Crippen molar-refractivity contribution < 1.29 is 9.90 Å². The molecule has 4 heteroatoms. The highest BCUT2D eigenvalue weighted by Crippen LogP contribution is 2.29. The van der Waals surface area contributed by atoms with Gasteiger partial charge < -0.3 is 5.11 Å². The monoisotopic (exact) mass is 306 g/mol. The van der Waals surface area contributed by atoms with E-state index in [1.54, 1.807) is 0 Å². The lowest BCUT2D eigenvalue weighted by molar-refractivity contribution is -0.136. The van der Waals surface area contributed by atoms with E-state index in [1.165, 1.54) is 51.4 Å². The summed E-state index contributed by atoms with van der Waals surface area (Å²) in [7, 11) is 0. The summed E-state index contributed by atoms with van der Waals surface area (Å²) < 4.78 is 0.251. The maximum Gasteiger partial charge on any atom is 0.305 e. The number of thioether (sulfide) groups is 2. The van der Waals surface area contributed by atoms with Crippen molar-refractivity contribution in [3.8, 4) is 0 Å². The van der Waals surface area contributed by atoms with Crippen LogP contribution in [-0.2, 0) is 4.79 Å². The fourth-order valence-electron chi connectivity index (χ4n) is 1.80. The van der Waals surface area contributed by atoms with Gasteiger partial charge in [-0.15, -0.1) is 23.5 Å². The molecule has 0 amide bonds. The second-order valence-electron chi connectivity index (χ2n) is 4.89. The molecule has 0 aliphatic carbocycles. The molecule has 0 atom stereocenters. The van der Waals surface area contributed by atoms with Gasteiger partial charge in [-0.3, -0.25) is 4.79 Å². The zero-order valence-corrected chi connectivity index (χ0v) is 14.2. The Morgan fingerprint density at radius 1 is 0.895 bits per heavy atom. The number of carbonyl (C=O) groups is 1. The van der Waals surface area contributed by atoms with Gasteiger partial charge in [-0.1, -0.05) is 52.4 Å². The Morgan fingerprint density at radius 2 is 1.37 bits per heavy atom. The normalized spacial score (nSPS) is 11.1. The number of hydrogen-bond donors (Lipinski definition) is 1. The van der Waals surface area contributed by atoms with E-state index in [1.807, 2.05) is 23.5 Å². The van der Waals surface area contributed by atoms with Gasteiger partial charge in [-0.25, -0.2) is 0 Å². The Kier molecular flexibility index (Phi) is 14.7. The Labute approximate surface area is 127 Å². The van der Waals surface area contributed by atoms with E-state index in [9.17, 15) is 4.79 Å². The van der Waals surface area contributed by atoms with Gasteiger partial charge in [0, 0.05) is 0 Å². The lowest BCUT2D eigenvalue weighted by atomic mass is 10.2. The summed E-state index contributed by atoms with van der Waals surface area (Å²) in [4.78, 5) is 10.9. The fraction of sp³-hybridized carbons (Fsp3) is 0.933. The number of carboxylic acids is 1. The van der Waals surface area contributed by atoms with Gasteiger partial charge in [0.1, 0.15) is 0 Å². The van der Waals surface area contributed by atoms with Crippen LogP contribution in [0.1, 0.15) is 71.6 Å². The minimum Gasteiger partial charge on any atom is -0.481 e. The Balaban J connectivity index is 3.66. The van der Waals surface area contributed by atoms with Gasteiger partial charge in [0.25, 0.3) is 0 Å². The summed E-state index contributed by atoms with van der Waals surface area (Å²) in [6.07, 6.45) is 10.4. The van der Waals surface area contributed by atoms with Crippen molar-refractivity contribution in [3.63, 3.8) is 0 Å². The van der Waals surface area contributed by atoms with Crippen LogP contribution in [0.25, 0.3) is 0 Å². The quantitative estimate of drug-likeness (QED) is 0.344. The van der Waals surface area contributed by atoms with Crippen molar-refractivity contribution in [2.45, 2.75) is 76.2 Å². The molecule has 0 saturated carbocycles. The molecule has 2 nitrogen and oxygen atoms in total. The number of hydrogen-bond acceptors (Lipinski definition) is 3. The summed E-state index contributed by atoms with van der Waals surface area (Å²) in [5.74, 6) is 1.56.